The topological polar surface area (TPSA) is 46.6 Å². The van der Waals surface area contributed by atoms with Crippen LogP contribution in [0.5, 0.6) is 0 Å². The lowest BCUT2D eigenvalue weighted by atomic mass is 10.1. The Morgan fingerprint density at radius 3 is 2.74 bits per heavy atom. The van der Waals surface area contributed by atoms with Crippen molar-refractivity contribution in [2.75, 3.05) is 11.4 Å². The number of rotatable bonds is 2. The molecule has 2 aromatic carbocycles. The van der Waals surface area contributed by atoms with Crippen LogP contribution in [-0.2, 0) is 11.3 Å². The molecular weight excluding hydrogens is 314 g/mol. The number of Topliss-reactive ketones (excluding diaryl/α,β-unsaturated/α-hetero) is 1. The molecule has 0 spiro atoms. The molecule has 1 aliphatic rings. The lowest BCUT2D eigenvalue weighted by Crippen LogP contribution is -2.32. The first-order chi connectivity index (χ1) is 11.1. The average molecular weight is 330 g/mol. The first kappa shape index (κ1) is 15.6. The molecule has 4 nitrogen and oxygen atoms in total. The molecule has 1 aliphatic heterocycles. The van der Waals surface area contributed by atoms with Crippen LogP contribution in [0.25, 0.3) is 0 Å². The summed E-state index contributed by atoms with van der Waals surface area (Å²) in [5.74, 6) is 0.000796. The molecule has 0 unspecified atom stereocenters. The second-order valence-electron chi connectivity index (χ2n) is 5.38. The van der Waals surface area contributed by atoms with Gasteiger partial charge in [0.1, 0.15) is 6.61 Å². The highest BCUT2D eigenvalue weighted by atomic mass is 35.5. The van der Waals surface area contributed by atoms with Gasteiger partial charge in [0.25, 0.3) is 0 Å². The van der Waals surface area contributed by atoms with Crippen molar-refractivity contribution >= 4 is 29.2 Å². The number of anilines is 1. The van der Waals surface area contributed by atoms with Crippen LogP contribution >= 0.6 is 11.6 Å². The van der Waals surface area contributed by atoms with E-state index in [1.807, 2.05) is 30.3 Å². The van der Waals surface area contributed by atoms with Crippen LogP contribution in [-0.4, -0.2) is 18.4 Å². The van der Waals surface area contributed by atoms with Crippen molar-refractivity contribution < 1.29 is 14.3 Å². The smallest absolute Gasteiger partial charge is 0.414 e. The number of ketones is 1. The van der Waals surface area contributed by atoms with Gasteiger partial charge in [0.05, 0.1) is 5.69 Å². The molecule has 118 valence electrons. The number of carbonyl (C=O) groups excluding carboxylic acids is 2. The fraction of sp³-hybridized carbons (Fsp3) is 0.222. The van der Waals surface area contributed by atoms with E-state index in [-0.39, 0.29) is 12.4 Å². The standard InChI is InChI=1S/C18H16ClNO3/c19-14-8-9-16-15(11-14)17(21)7-4-10-20(16)18(22)23-12-13-5-2-1-3-6-13/h1-3,5-6,8-9,11H,4,7,10,12H2. The molecule has 23 heavy (non-hydrogen) atoms. The maximum Gasteiger partial charge on any atom is 0.414 e. The Morgan fingerprint density at radius 1 is 1.17 bits per heavy atom. The third-order valence-corrected chi connectivity index (χ3v) is 4.00. The lowest BCUT2D eigenvalue weighted by Gasteiger charge is -2.22. The maximum atomic E-state index is 12.4. The molecule has 1 amide bonds. The summed E-state index contributed by atoms with van der Waals surface area (Å²) in [4.78, 5) is 26.1. The molecular formula is C18H16ClNO3. The largest absolute Gasteiger partial charge is 0.444 e. The van der Waals surface area contributed by atoms with Crippen molar-refractivity contribution in [2.24, 2.45) is 0 Å². The van der Waals surface area contributed by atoms with Crippen LogP contribution < -0.4 is 4.90 Å². The minimum absolute atomic E-state index is 0.000796. The number of hydrogen-bond donors (Lipinski definition) is 0. The number of hydrogen-bond acceptors (Lipinski definition) is 3. The van der Waals surface area contributed by atoms with Crippen molar-refractivity contribution in [2.45, 2.75) is 19.4 Å². The number of fused-ring (bicyclic) bond motifs is 1. The summed E-state index contributed by atoms with van der Waals surface area (Å²) >= 11 is 5.98. The van der Waals surface area contributed by atoms with Gasteiger partial charge in [0, 0.05) is 23.6 Å². The van der Waals surface area contributed by atoms with Gasteiger partial charge in [-0.3, -0.25) is 9.69 Å². The second-order valence-corrected chi connectivity index (χ2v) is 5.82. The SMILES string of the molecule is O=C1CCCN(C(=O)OCc2ccccc2)c2ccc(Cl)cc21. The summed E-state index contributed by atoms with van der Waals surface area (Å²) in [6, 6.07) is 14.5. The second kappa shape index (κ2) is 6.84. The Morgan fingerprint density at radius 2 is 1.96 bits per heavy atom. The molecule has 0 aliphatic carbocycles. The van der Waals surface area contributed by atoms with Gasteiger partial charge in [0.15, 0.2) is 5.78 Å². The van der Waals surface area contributed by atoms with Gasteiger partial charge in [-0.05, 0) is 30.2 Å². The minimum atomic E-state index is -0.452. The molecule has 0 fully saturated rings. The maximum absolute atomic E-state index is 12.4. The zero-order valence-electron chi connectivity index (χ0n) is 12.5. The Kier molecular flexibility index (Phi) is 4.63. The van der Waals surface area contributed by atoms with Crippen molar-refractivity contribution in [1.29, 1.82) is 0 Å². The molecule has 0 bridgehead atoms. The summed E-state index contributed by atoms with van der Waals surface area (Å²) in [5.41, 5.74) is 1.96. The van der Waals surface area contributed by atoms with E-state index in [4.69, 9.17) is 16.3 Å². The van der Waals surface area contributed by atoms with E-state index >= 15 is 0 Å². The molecule has 0 atom stereocenters. The van der Waals surface area contributed by atoms with Gasteiger partial charge in [-0.15, -0.1) is 0 Å². The molecule has 0 saturated carbocycles. The van der Waals surface area contributed by atoms with Gasteiger partial charge in [-0.2, -0.15) is 0 Å². The van der Waals surface area contributed by atoms with Crippen molar-refractivity contribution in [3.63, 3.8) is 0 Å². The van der Waals surface area contributed by atoms with Gasteiger partial charge < -0.3 is 4.74 Å². The van der Waals surface area contributed by atoms with Crippen LogP contribution in [0.4, 0.5) is 10.5 Å². The van der Waals surface area contributed by atoms with E-state index in [9.17, 15) is 9.59 Å². The number of ether oxygens (including phenoxy) is 1. The number of benzene rings is 2. The summed E-state index contributed by atoms with van der Waals surface area (Å²) < 4.78 is 5.39. The number of nitrogens with zero attached hydrogens (tertiary/aromatic N) is 1. The van der Waals surface area contributed by atoms with Crippen LogP contribution in [0, 0.1) is 0 Å². The van der Waals surface area contributed by atoms with Crippen LogP contribution in [0.1, 0.15) is 28.8 Å². The van der Waals surface area contributed by atoms with Crippen molar-refractivity contribution in [3.05, 3.63) is 64.7 Å². The van der Waals surface area contributed by atoms with E-state index < -0.39 is 6.09 Å². The predicted octanol–water partition coefficient (Wildman–Crippen LogP) is 4.46. The fourth-order valence-corrected chi connectivity index (χ4v) is 2.78. The summed E-state index contributed by atoms with van der Waals surface area (Å²) in [6.45, 7) is 0.654. The van der Waals surface area contributed by atoms with Crippen LogP contribution in [0.15, 0.2) is 48.5 Å². The van der Waals surface area contributed by atoms with Gasteiger partial charge in [-0.1, -0.05) is 41.9 Å². The Hall–Kier alpha value is -2.33. The first-order valence-corrected chi connectivity index (χ1v) is 7.84. The summed E-state index contributed by atoms with van der Waals surface area (Å²) in [5, 5.41) is 0.483. The van der Waals surface area contributed by atoms with E-state index in [2.05, 4.69) is 0 Å². The first-order valence-electron chi connectivity index (χ1n) is 7.46. The zero-order valence-corrected chi connectivity index (χ0v) is 13.3. The van der Waals surface area contributed by atoms with Crippen molar-refractivity contribution in [3.8, 4) is 0 Å². The van der Waals surface area contributed by atoms with Crippen LogP contribution in [0.3, 0.4) is 0 Å². The van der Waals surface area contributed by atoms with Gasteiger partial charge in [-0.25, -0.2) is 4.79 Å². The van der Waals surface area contributed by atoms with Crippen LogP contribution in [0.2, 0.25) is 5.02 Å². The number of halogens is 1. The molecule has 3 rings (SSSR count). The molecule has 5 heteroatoms. The third kappa shape index (κ3) is 3.54. The predicted molar refractivity (Wildman–Crippen MR) is 89.0 cm³/mol. The molecule has 0 aromatic heterocycles. The highest BCUT2D eigenvalue weighted by Crippen LogP contribution is 2.29. The third-order valence-electron chi connectivity index (χ3n) is 3.76. The lowest BCUT2D eigenvalue weighted by molar-refractivity contribution is 0.0983. The quantitative estimate of drug-likeness (QED) is 0.817. The number of amides is 1. The van der Waals surface area contributed by atoms with E-state index in [1.165, 1.54) is 4.90 Å². The van der Waals surface area contributed by atoms with E-state index in [0.29, 0.717) is 35.7 Å². The highest BCUT2D eigenvalue weighted by Gasteiger charge is 2.26. The summed E-state index contributed by atoms with van der Waals surface area (Å²) in [6.07, 6.45) is 0.550. The van der Waals surface area contributed by atoms with Gasteiger partial charge >= 0.3 is 6.09 Å². The molecule has 2 aromatic rings. The normalized spacial score (nSPS) is 14.1. The van der Waals surface area contributed by atoms with Gasteiger partial charge in [0.2, 0.25) is 0 Å². The monoisotopic (exact) mass is 329 g/mol. The van der Waals surface area contributed by atoms with E-state index in [0.717, 1.165) is 5.56 Å². The Balaban J connectivity index is 1.80. The average Bonchev–Trinajstić information content (AvgIpc) is 2.73. The Labute approximate surface area is 139 Å². The van der Waals surface area contributed by atoms with E-state index in [1.54, 1.807) is 18.2 Å². The molecule has 0 saturated heterocycles. The van der Waals surface area contributed by atoms with Crippen molar-refractivity contribution in [1.82, 2.24) is 0 Å². The molecule has 0 N–H and O–H groups in total. The fourth-order valence-electron chi connectivity index (χ4n) is 2.61. The highest BCUT2D eigenvalue weighted by molar-refractivity contribution is 6.31. The molecule has 1 heterocycles. The number of carbonyl (C=O) groups is 2. The molecule has 0 radical (unpaired) electrons. The summed E-state index contributed by atoms with van der Waals surface area (Å²) in [7, 11) is 0. The zero-order chi connectivity index (χ0) is 16.2. The minimum Gasteiger partial charge on any atom is -0.444 e. The Bertz CT molecular complexity index is 730.